The molecule has 5 heteroatoms. The minimum atomic E-state index is -1.05. The van der Waals surface area contributed by atoms with Crippen LogP contribution in [-0.2, 0) is 0 Å². The van der Waals surface area contributed by atoms with Gasteiger partial charge in [-0.2, -0.15) is 0 Å². The molecule has 20 heavy (non-hydrogen) atoms. The van der Waals surface area contributed by atoms with Gasteiger partial charge in [0, 0.05) is 24.7 Å². The number of carboxylic acids is 1. The number of Topliss-reactive ketones (excluding diaryl/α,β-unsaturated/α-hetero) is 1. The number of rotatable bonds is 6. The van der Waals surface area contributed by atoms with Gasteiger partial charge in [0.2, 0.25) is 0 Å². The first-order valence-electron chi connectivity index (χ1n) is 6.19. The van der Waals surface area contributed by atoms with E-state index in [0.717, 1.165) is 0 Å². The Morgan fingerprint density at radius 2 is 1.85 bits per heavy atom. The predicted octanol–water partition coefficient (Wildman–Crippen LogP) is 2.46. The number of carbonyl (C=O) groups is 2. The topological polar surface area (TPSA) is 79.3 Å². The highest BCUT2D eigenvalue weighted by atomic mass is 16.4. The number of anilines is 1. The first kappa shape index (κ1) is 13.7. The number of ketones is 1. The van der Waals surface area contributed by atoms with Crippen LogP contribution >= 0.6 is 0 Å². The molecule has 0 spiro atoms. The normalized spacial score (nSPS) is 10.0. The Hall–Kier alpha value is -2.69. The third-order valence-corrected chi connectivity index (χ3v) is 2.78. The van der Waals surface area contributed by atoms with E-state index in [0.29, 0.717) is 12.1 Å². The van der Waals surface area contributed by atoms with E-state index >= 15 is 0 Å². The highest BCUT2D eigenvalue weighted by Gasteiger charge is 2.10. The fourth-order valence-corrected chi connectivity index (χ4v) is 1.78. The van der Waals surface area contributed by atoms with E-state index in [2.05, 4.69) is 10.3 Å². The van der Waals surface area contributed by atoms with Crippen LogP contribution < -0.4 is 5.32 Å². The zero-order valence-electron chi connectivity index (χ0n) is 10.7. The molecule has 2 aromatic rings. The molecule has 1 heterocycles. The fourth-order valence-electron chi connectivity index (χ4n) is 1.78. The van der Waals surface area contributed by atoms with Crippen molar-refractivity contribution >= 4 is 17.6 Å². The van der Waals surface area contributed by atoms with Gasteiger partial charge in [0.05, 0.1) is 0 Å². The quantitative estimate of drug-likeness (QED) is 0.788. The van der Waals surface area contributed by atoms with E-state index in [1.165, 1.54) is 12.3 Å². The van der Waals surface area contributed by atoms with Gasteiger partial charge < -0.3 is 10.4 Å². The first-order chi connectivity index (χ1) is 9.68. The van der Waals surface area contributed by atoms with E-state index in [4.69, 9.17) is 5.11 Å². The maximum atomic E-state index is 11.9. The average molecular weight is 270 g/mol. The van der Waals surface area contributed by atoms with Crippen molar-refractivity contribution in [2.24, 2.45) is 0 Å². The van der Waals surface area contributed by atoms with Gasteiger partial charge in [0.25, 0.3) is 0 Å². The number of carboxylic acid groups (broad SMARTS) is 1. The Balaban J connectivity index is 1.94. The second-order valence-electron chi connectivity index (χ2n) is 4.17. The third-order valence-electron chi connectivity index (χ3n) is 2.78. The summed E-state index contributed by atoms with van der Waals surface area (Å²) in [7, 11) is 0. The molecule has 0 fully saturated rings. The van der Waals surface area contributed by atoms with Crippen LogP contribution in [0.5, 0.6) is 0 Å². The minimum Gasteiger partial charge on any atom is -0.478 e. The van der Waals surface area contributed by atoms with Crippen LogP contribution in [0.2, 0.25) is 0 Å². The van der Waals surface area contributed by atoms with Crippen molar-refractivity contribution in [2.75, 3.05) is 11.9 Å². The van der Waals surface area contributed by atoms with Crippen molar-refractivity contribution in [2.45, 2.75) is 6.42 Å². The molecule has 0 aliphatic heterocycles. The molecule has 0 saturated carbocycles. The zero-order chi connectivity index (χ0) is 14.4. The maximum Gasteiger partial charge on any atom is 0.339 e. The molecule has 2 N–H and O–H groups in total. The van der Waals surface area contributed by atoms with E-state index in [9.17, 15) is 9.59 Å². The standard InChI is InChI=1S/C15H14N2O3/c18-13(11-5-2-1-3-6-11)8-10-17-14-12(15(19)20)7-4-9-16-14/h1-7,9H,8,10H2,(H,16,17)(H,19,20). The summed E-state index contributed by atoms with van der Waals surface area (Å²) in [6.07, 6.45) is 1.79. The lowest BCUT2D eigenvalue weighted by Gasteiger charge is -2.07. The van der Waals surface area contributed by atoms with E-state index in [1.54, 1.807) is 18.2 Å². The Kier molecular flexibility index (Phi) is 4.44. The molecule has 0 unspecified atom stereocenters. The summed E-state index contributed by atoms with van der Waals surface area (Å²) in [6, 6.07) is 12.0. The van der Waals surface area contributed by atoms with Crippen molar-refractivity contribution in [3.05, 3.63) is 59.8 Å². The summed E-state index contributed by atoms with van der Waals surface area (Å²) >= 11 is 0. The highest BCUT2D eigenvalue weighted by Crippen LogP contribution is 2.11. The van der Waals surface area contributed by atoms with Crippen molar-refractivity contribution in [3.63, 3.8) is 0 Å². The lowest BCUT2D eigenvalue weighted by atomic mass is 10.1. The van der Waals surface area contributed by atoms with Crippen molar-refractivity contribution in [3.8, 4) is 0 Å². The van der Waals surface area contributed by atoms with Crippen LogP contribution in [0, 0.1) is 0 Å². The molecule has 0 atom stereocenters. The second kappa shape index (κ2) is 6.47. The molecular weight excluding hydrogens is 256 g/mol. The third kappa shape index (κ3) is 3.41. The summed E-state index contributed by atoms with van der Waals surface area (Å²) in [6.45, 7) is 0.338. The molecule has 2 rings (SSSR count). The van der Waals surface area contributed by atoms with Crippen LogP contribution in [0.1, 0.15) is 27.1 Å². The number of aromatic nitrogens is 1. The van der Waals surface area contributed by atoms with E-state index < -0.39 is 5.97 Å². The van der Waals surface area contributed by atoms with Crippen LogP contribution in [0.4, 0.5) is 5.82 Å². The highest BCUT2D eigenvalue weighted by molar-refractivity contribution is 5.96. The van der Waals surface area contributed by atoms with E-state index in [1.807, 2.05) is 18.2 Å². The SMILES string of the molecule is O=C(CCNc1ncccc1C(=O)O)c1ccccc1. The summed E-state index contributed by atoms with van der Waals surface area (Å²) < 4.78 is 0. The maximum absolute atomic E-state index is 11.9. The predicted molar refractivity (Wildman–Crippen MR) is 75.1 cm³/mol. The number of carbonyl (C=O) groups excluding carboxylic acids is 1. The van der Waals surface area contributed by atoms with Crippen LogP contribution in [0.25, 0.3) is 0 Å². The van der Waals surface area contributed by atoms with Gasteiger partial charge in [-0.3, -0.25) is 4.79 Å². The molecule has 0 radical (unpaired) electrons. The van der Waals surface area contributed by atoms with Crippen molar-refractivity contribution < 1.29 is 14.7 Å². The number of nitrogens with zero attached hydrogens (tertiary/aromatic N) is 1. The Morgan fingerprint density at radius 3 is 2.55 bits per heavy atom. The lowest BCUT2D eigenvalue weighted by molar-refractivity contribution is 0.0697. The monoisotopic (exact) mass is 270 g/mol. The van der Waals surface area contributed by atoms with Crippen LogP contribution in [0.3, 0.4) is 0 Å². The smallest absolute Gasteiger partial charge is 0.339 e. The van der Waals surface area contributed by atoms with Gasteiger partial charge >= 0.3 is 5.97 Å². The number of hydrogen-bond donors (Lipinski definition) is 2. The van der Waals surface area contributed by atoms with Gasteiger partial charge in [-0.1, -0.05) is 30.3 Å². The molecular formula is C15H14N2O3. The first-order valence-corrected chi connectivity index (χ1v) is 6.19. The fraction of sp³-hybridized carbons (Fsp3) is 0.133. The molecule has 0 bridgehead atoms. The van der Waals surface area contributed by atoms with Crippen LogP contribution in [-0.4, -0.2) is 28.4 Å². The minimum absolute atomic E-state index is 0.00547. The zero-order valence-corrected chi connectivity index (χ0v) is 10.7. The largest absolute Gasteiger partial charge is 0.478 e. The molecule has 102 valence electrons. The number of nitrogens with one attached hydrogen (secondary N) is 1. The van der Waals surface area contributed by atoms with Gasteiger partial charge in [-0.25, -0.2) is 9.78 Å². The molecule has 0 saturated heterocycles. The molecule has 5 nitrogen and oxygen atoms in total. The number of benzene rings is 1. The summed E-state index contributed by atoms with van der Waals surface area (Å²) in [4.78, 5) is 26.8. The molecule has 1 aromatic heterocycles. The summed E-state index contributed by atoms with van der Waals surface area (Å²) in [5, 5.41) is 11.9. The molecule has 0 amide bonds. The van der Waals surface area contributed by atoms with Crippen molar-refractivity contribution in [1.29, 1.82) is 0 Å². The molecule has 0 aliphatic carbocycles. The Bertz CT molecular complexity index is 612. The van der Waals surface area contributed by atoms with Gasteiger partial charge in [0.1, 0.15) is 11.4 Å². The van der Waals surface area contributed by atoms with Gasteiger partial charge in [-0.15, -0.1) is 0 Å². The lowest BCUT2D eigenvalue weighted by Crippen LogP contribution is -2.12. The summed E-state index contributed by atoms with van der Waals surface area (Å²) in [5.41, 5.74) is 0.744. The van der Waals surface area contributed by atoms with Crippen molar-refractivity contribution in [1.82, 2.24) is 4.98 Å². The average Bonchev–Trinajstić information content (AvgIpc) is 2.48. The summed E-state index contributed by atoms with van der Waals surface area (Å²) in [5.74, 6) is -0.762. The number of pyridine rings is 1. The van der Waals surface area contributed by atoms with E-state index in [-0.39, 0.29) is 23.6 Å². The molecule has 0 aliphatic rings. The Labute approximate surface area is 116 Å². The second-order valence-corrected chi connectivity index (χ2v) is 4.17. The van der Waals surface area contributed by atoms with Gasteiger partial charge in [-0.05, 0) is 12.1 Å². The number of aromatic carboxylic acids is 1. The van der Waals surface area contributed by atoms with Gasteiger partial charge in [0.15, 0.2) is 5.78 Å². The molecule has 1 aromatic carbocycles. The van der Waals surface area contributed by atoms with Crippen LogP contribution in [0.15, 0.2) is 48.7 Å². The Morgan fingerprint density at radius 1 is 1.10 bits per heavy atom. The number of hydrogen-bond acceptors (Lipinski definition) is 4.